The van der Waals surface area contributed by atoms with Crippen LogP contribution < -0.4 is 15.6 Å². The molecule has 13 heteroatoms. The lowest BCUT2D eigenvalue weighted by atomic mass is 10.1. The molecule has 208 valence electrons. The Balaban J connectivity index is 1.49. The number of nitrogens with zero attached hydrogens (tertiary/aromatic N) is 4. The number of carbonyl (C=O) groups excluding carboxylic acids is 1. The molecule has 5 rings (SSSR count). The molecule has 1 amide bonds. The number of anilines is 1. The molecule has 0 aliphatic carbocycles. The van der Waals surface area contributed by atoms with Gasteiger partial charge < -0.3 is 14.8 Å². The number of benzene rings is 2. The summed E-state index contributed by atoms with van der Waals surface area (Å²) in [6.07, 6.45) is -1.23. The van der Waals surface area contributed by atoms with E-state index >= 15 is 0 Å². The second-order valence-corrected chi connectivity index (χ2v) is 9.09. The van der Waals surface area contributed by atoms with Crippen molar-refractivity contribution in [3.05, 3.63) is 77.4 Å². The smallest absolute Gasteiger partial charge is 0.404 e. The molecule has 2 aromatic heterocycles. The first-order valence-electron chi connectivity index (χ1n) is 12.2. The average molecular weight is 558 g/mol. The number of amides is 1. The number of morpholine rings is 1. The van der Waals surface area contributed by atoms with Crippen LogP contribution in [-0.4, -0.2) is 64.0 Å². The summed E-state index contributed by atoms with van der Waals surface area (Å²) in [5.74, 6) is -1.69. The molecule has 9 nitrogen and oxygen atoms in total. The first kappa shape index (κ1) is 27.2. The van der Waals surface area contributed by atoms with Gasteiger partial charge in [0, 0.05) is 24.8 Å². The number of aromatic nitrogens is 3. The van der Waals surface area contributed by atoms with E-state index in [0.29, 0.717) is 42.9 Å². The first-order valence-corrected chi connectivity index (χ1v) is 12.2. The predicted molar refractivity (Wildman–Crippen MR) is 138 cm³/mol. The Bertz CT molecular complexity index is 1620. The summed E-state index contributed by atoms with van der Waals surface area (Å²) in [4.78, 5) is 36.3. The summed E-state index contributed by atoms with van der Waals surface area (Å²) in [6.45, 7) is 3.51. The van der Waals surface area contributed by atoms with E-state index < -0.39 is 35.4 Å². The van der Waals surface area contributed by atoms with Gasteiger partial charge in [0.2, 0.25) is 5.91 Å². The number of hydrogen-bond donors (Lipinski definition) is 1. The molecule has 1 fully saturated rings. The molecular weight excluding hydrogens is 534 g/mol. The van der Waals surface area contributed by atoms with E-state index in [1.54, 1.807) is 19.1 Å². The number of halogens is 4. The van der Waals surface area contributed by atoms with Crippen LogP contribution in [0.1, 0.15) is 6.92 Å². The van der Waals surface area contributed by atoms with E-state index in [2.05, 4.69) is 20.0 Å². The first-order chi connectivity index (χ1) is 19.1. The molecule has 1 aliphatic heterocycles. The monoisotopic (exact) mass is 557 g/mol. The maximum Gasteiger partial charge on any atom is 0.573 e. The Morgan fingerprint density at radius 1 is 1.07 bits per heavy atom. The average Bonchev–Trinajstić information content (AvgIpc) is 2.93. The third-order valence-corrected chi connectivity index (χ3v) is 6.50. The third kappa shape index (κ3) is 5.95. The SMILES string of the molecule is CC(C(=O)Nc1cc(-n2cnc3cc(-c4cncc(F)c4)ccc3c2=O)ccc1OC(F)(F)F)N1CCOCC1. The van der Waals surface area contributed by atoms with Gasteiger partial charge in [0.1, 0.15) is 12.1 Å². The Morgan fingerprint density at radius 2 is 1.85 bits per heavy atom. The summed E-state index contributed by atoms with van der Waals surface area (Å²) in [7, 11) is 0. The Hall–Kier alpha value is -4.36. The second-order valence-electron chi connectivity index (χ2n) is 9.09. The van der Waals surface area contributed by atoms with E-state index in [1.165, 1.54) is 36.8 Å². The molecule has 1 N–H and O–H groups in total. The standard InChI is InChI=1S/C27H23F4N5O4/c1-16(35-6-8-39-9-7-35)25(37)34-23-12-20(3-5-24(23)40-27(29,30)31)36-15-33-22-11-17(2-4-21(22)26(36)38)18-10-19(28)14-32-13-18/h2-5,10-16H,6-9H2,1H3,(H,34,37). The molecule has 3 heterocycles. The molecule has 1 aliphatic rings. The minimum absolute atomic E-state index is 0.154. The van der Waals surface area contributed by atoms with Crippen molar-refractivity contribution in [3.8, 4) is 22.6 Å². The third-order valence-electron chi connectivity index (χ3n) is 6.50. The number of pyridine rings is 1. The van der Waals surface area contributed by atoms with Gasteiger partial charge in [0.25, 0.3) is 5.56 Å². The van der Waals surface area contributed by atoms with Crippen molar-refractivity contribution in [2.24, 2.45) is 0 Å². The van der Waals surface area contributed by atoms with Crippen molar-refractivity contribution in [1.82, 2.24) is 19.4 Å². The summed E-state index contributed by atoms with van der Waals surface area (Å²) in [5.41, 5.74) is 0.810. The number of nitrogens with one attached hydrogen (secondary N) is 1. The number of fused-ring (bicyclic) bond motifs is 1. The molecule has 40 heavy (non-hydrogen) atoms. The lowest BCUT2D eigenvalue weighted by Crippen LogP contribution is -2.47. The maximum absolute atomic E-state index is 13.6. The molecule has 1 atom stereocenters. The minimum atomic E-state index is -5.01. The molecule has 1 unspecified atom stereocenters. The molecule has 0 radical (unpaired) electrons. The summed E-state index contributed by atoms with van der Waals surface area (Å²) in [5, 5.41) is 2.73. The highest BCUT2D eigenvalue weighted by Gasteiger charge is 2.33. The van der Waals surface area contributed by atoms with Gasteiger partial charge in [-0.15, -0.1) is 13.2 Å². The van der Waals surface area contributed by atoms with E-state index in [-0.39, 0.29) is 16.8 Å². The van der Waals surface area contributed by atoms with Gasteiger partial charge in [-0.3, -0.25) is 24.0 Å². The largest absolute Gasteiger partial charge is 0.573 e. The lowest BCUT2D eigenvalue weighted by molar-refractivity contribution is -0.274. The van der Waals surface area contributed by atoms with Crippen molar-refractivity contribution in [2.75, 3.05) is 31.6 Å². The van der Waals surface area contributed by atoms with E-state index in [9.17, 15) is 27.2 Å². The highest BCUT2D eigenvalue weighted by molar-refractivity contribution is 5.96. The summed E-state index contributed by atoms with van der Waals surface area (Å²) >= 11 is 0. The van der Waals surface area contributed by atoms with Crippen LogP contribution >= 0.6 is 0 Å². The van der Waals surface area contributed by atoms with Crippen molar-refractivity contribution in [3.63, 3.8) is 0 Å². The number of rotatable bonds is 6. The van der Waals surface area contributed by atoms with Crippen molar-refractivity contribution < 1.29 is 31.8 Å². The van der Waals surface area contributed by atoms with E-state index in [0.717, 1.165) is 16.8 Å². The molecule has 1 saturated heterocycles. The number of alkyl halides is 3. The van der Waals surface area contributed by atoms with Gasteiger partial charge in [-0.05, 0) is 48.9 Å². The fourth-order valence-corrected chi connectivity index (χ4v) is 4.40. The number of ether oxygens (including phenoxy) is 2. The maximum atomic E-state index is 13.6. The Morgan fingerprint density at radius 3 is 2.58 bits per heavy atom. The Kier molecular flexibility index (Phi) is 7.50. The van der Waals surface area contributed by atoms with Crippen molar-refractivity contribution in [1.29, 1.82) is 0 Å². The number of carbonyl (C=O) groups is 1. The van der Waals surface area contributed by atoms with Crippen LogP contribution in [0.5, 0.6) is 5.75 Å². The zero-order valence-electron chi connectivity index (χ0n) is 21.1. The number of hydrogen-bond acceptors (Lipinski definition) is 7. The van der Waals surface area contributed by atoms with Crippen LogP contribution in [0.25, 0.3) is 27.7 Å². The zero-order valence-corrected chi connectivity index (χ0v) is 21.1. The normalized spacial score (nSPS) is 15.1. The van der Waals surface area contributed by atoms with Crippen LogP contribution in [0.3, 0.4) is 0 Å². The van der Waals surface area contributed by atoms with Gasteiger partial charge >= 0.3 is 6.36 Å². The van der Waals surface area contributed by atoms with Crippen LogP contribution in [-0.2, 0) is 9.53 Å². The molecule has 0 spiro atoms. The molecule has 4 aromatic rings. The fourth-order valence-electron chi connectivity index (χ4n) is 4.40. The van der Waals surface area contributed by atoms with Crippen LogP contribution in [0, 0.1) is 5.82 Å². The van der Waals surface area contributed by atoms with Crippen molar-refractivity contribution >= 4 is 22.5 Å². The van der Waals surface area contributed by atoms with Gasteiger partial charge in [-0.2, -0.15) is 0 Å². The van der Waals surface area contributed by atoms with Gasteiger partial charge in [0.15, 0.2) is 5.75 Å². The quantitative estimate of drug-likeness (QED) is 0.356. The fraction of sp³-hybridized carbons (Fsp3) is 0.259. The lowest BCUT2D eigenvalue weighted by Gasteiger charge is -2.31. The van der Waals surface area contributed by atoms with Crippen LogP contribution in [0.4, 0.5) is 23.2 Å². The Labute approximate surface area is 225 Å². The van der Waals surface area contributed by atoms with Crippen LogP contribution in [0.2, 0.25) is 0 Å². The highest BCUT2D eigenvalue weighted by Crippen LogP contribution is 2.32. The predicted octanol–water partition coefficient (Wildman–Crippen LogP) is 4.14. The van der Waals surface area contributed by atoms with E-state index in [1.807, 2.05) is 4.90 Å². The van der Waals surface area contributed by atoms with Gasteiger partial charge in [-0.1, -0.05) is 6.07 Å². The van der Waals surface area contributed by atoms with Gasteiger partial charge in [0.05, 0.1) is 47.7 Å². The summed E-state index contributed by atoms with van der Waals surface area (Å²) in [6, 6.07) is 8.89. The topological polar surface area (TPSA) is 98.6 Å². The molecule has 0 bridgehead atoms. The highest BCUT2D eigenvalue weighted by atomic mass is 19.4. The van der Waals surface area contributed by atoms with E-state index in [4.69, 9.17) is 4.74 Å². The van der Waals surface area contributed by atoms with Crippen LogP contribution in [0.15, 0.2) is 66.0 Å². The minimum Gasteiger partial charge on any atom is -0.404 e. The molecule has 0 saturated carbocycles. The molecule has 2 aromatic carbocycles. The second kappa shape index (κ2) is 11.0. The zero-order chi connectivity index (χ0) is 28.4. The van der Waals surface area contributed by atoms with Gasteiger partial charge in [-0.25, -0.2) is 9.37 Å². The summed E-state index contributed by atoms with van der Waals surface area (Å²) < 4.78 is 63.5. The van der Waals surface area contributed by atoms with Crippen molar-refractivity contribution in [2.45, 2.75) is 19.3 Å². The molecular formula is C27H23F4N5O4.